The molecule has 0 aromatic heterocycles. The molecule has 0 amide bonds. The van der Waals surface area contributed by atoms with Gasteiger partial charge in [0, 0.05) is 0 Å². The molecule has 0 atom stereocenters. The molecule has 0 unspecified atom stereocenters. The molecule has 0 spiro atoms. The van der Waals surface area contributed by atoms with Crippen LogP contribution < -0.4 is 7.22 Å². The maximum atomic E-state index is 11.6. The van der Waals surface area contributed by atoms with Crippen LogP contribution in [0.15, 0.2) is 60.2 Å². The zero-order valence-corrected chi connectivity index (χ0v) is 14.5. The van der Waals surface area contributed by atoms with Gasteiger partial charge in [-0.25, -0.2) is 0 Å². The third-order valence-corrected chi connectivity index (χ3v) is 5.68. The van der Waals surface area contributed by atoms with E-state index in [1.807, 2.05) is 24.3 Å². The van der Waals surface area contributed by atoms with Crippen LogP contribution in [0.25, 0.3) is 6.08 Å². The molecule has 0 aliphatic heterocycles. The first-order valence-corrected chi connectivity index (χ1v) is 9.18. The molecule has 2 rings (SSSR count). The Labute approximate surface area is 140 Å². The first kappa shape index (κ1) is 16.3. The van der Waals surface area contributed by atoms with Crippen LogP contribution in [0, 0.1) is 11.3 Å². The molecule has 0 bridgehead atoms. The Bertz CT molecular complexity index is 700. The van der Waals surface area contributed by atoms with Gasteiger partial charge in [0.15, 0.2) is 0 Å². The molecular formula is C18H15NO2Te. The number of rotatable bonds is 5. The molecule has 2 aromatic rings. The fourth-order valence-electron chi connectivity index (χ4n) is 1.77. The topological polar surface area (TPSA) is 50.1 Å². The van der Waals surface area contributed by atoms with Crippen LogP contribution in [0.5, 0.6) is 0 Å². The van der Waals surface area contributed by atoms with Crippen molar-refractivity contribution in [3.05, 3.63) is 65.7 Å². The van der Waals surface area contributed by atoms with Crippen LogP contribution in [-0.2, 0) is 9.53 Å². The molecule has 0 saturated heterocycles. The SMILES string of the molecule is CCOC(=O)/C(C#N)=C\c1ccc([Te]c2ccccc2)cc1. The molecule has 0 aliphatic rings. The first-order valence-electron chi connectivity index (χ1n) is 6.85. The molecule has 22 heavy (non-hydrogen) atoms. The Balaban J connectivity index is 2.11. The summed E-state index contributed by atoms with van der Waals surface area (Å²) in [5, 5.41) is 9.02. The van der Waals surface area contributed by atoms with Gasteiger partial charge >= 0.3 is 140 Å². The Morgan fingerprint density at radius 3 is 2.36 bits per heavy atom. The summed E-state index contributed by atoms with van der Waals surface area (Å²) in [4.78, 5) is 11.6. The van der Waals surface area contributed by atoms with E-state index >= 15 is 0 Å². The number of nitriles is 1. The summed E-state index contributed by atoms with van der Waals surface area (Å²) >= 11 is -0.398. The summed E-state index contributed by atoms with van der Waals surface area (Å²) in [5.41, 5.74) is 0.850. The zero-order valence-electron chi connectivity index (χ0n) is 12.2. The van der Waals surface area contributed by atoms with Gasteiger partial charge in [0.1, 0.15) is 0 Å². The number of nitrogens with zero attached hydrogens (tertiary/aromatic N) is 1. The summed E-state index contributed by atoms with van der Waals surface area (Å²) in [6, 6.07) is 20.3. The van der Waals surface area contributed by atoms with E-state index in [4.69, 9.17) is 10.00 Å². The molecular weight excluding hydrogens is 390 g/mol. The average molecular weight is 405 g/mol. The Hall–Kier alpha value is -2.07. The molecule has 0 fully saturated rings. The van der Waals surface area contributed by atoms with Gasteiger partial charge in [0.2, 0.25) is 0 Å². The number of carbonyl (C=O) groups excluding carboxylic acids is 1. The van der Waals surface area contributed by atoms with Crippen LogP contribution in [0.3, 0.4) is 0 Å². The summed E-state index contributed by atoms with van der Waals surface area (Å²) in [7, 11) is 0. The number of esters is 1. The molecule has 0 saturated carbocycles. The fraction of sp³-hybridized carbons (Fsp3) is 0.111. The molecule has 3 nitrogen and oxygen atoms in total. The Morgan fingerprint density at radius 2 is 1.77 bits per heavy atom. The van der Waals surface area contributed by atoms with Crippen molar-refractivity contribution in [1.29, 1.82) is 5.26 Å². The van der Waals surface area contributed by atoms with E-state index in [0.717, 1.165) is 5.56 Å². The van der Waals surface area contributed by atoms with Crippen molar-refractivity contribution in [2.45, 2.75) is 6.92 Å². The number of ether oxygens (including phenoxy) is 1. The standard InChI is InChI=1S/C18H15NO2Te/c1-2-21-18(20)15(13-19)12-14-8-10-17(11-9-14)22-16-6-4-3-5-7-16/h3-12H,2H2,1H3/b15-12-. The molecule has 4 heteroatoms. The molecule has 0 N–H and O–H groups in total. The van der Waals surface area contributed by atoms with Crippen LogP contribution in [-0.4, -0.2) is 33.5 Å². The van der Waals surface area contributed by atoms with E-state index in [1.165, 1.54) is 7.22 Å². The summed E-state index contributed by atoms with van der Waals surface area (Å²) < 4.78 is 7.53. The summed E-state index contributed by atoms with van der Waals surface area (Å²) in [6.07, 6.45) is 1.56. The van der Waals surface area contributed by atoms with Gasteiger partial charge in [-0.3, -0.25) is 0 Å². The Kier molecular flexibility index (Phi) is 6.22. The molecule has 0 radical (unpaired) electrons. The van der Waals surface area contributed by atoms with Crippen LogP contribution >= 0.6 is 0 Å². The van der Waals surface area contributed by atoms with Crippen LogP contribution in [0.1, 0.15) is 12.5 Å². The van der Waals surface area contributed by atoms with Crippen LogP contribution in [0.4, 0.5) is 0 Å². The number of carbonyl (C=O) groups is 1. The summed E-state index contributed by atoms with van der Waals surface area (Å²) in [6.45, 7) is 1.98. The zero-order chi connectivity index (χ0) is 15.8. The number of hydrogen-bond donors (Lipinski definition) is 0. The molecule has 110 valence electrons. The van der Waals surface area contributed by atoms with E-state index in [-0.39, 0.29) is 12.2 Å². The van der Waals surface area contributed by atoms with Crippen molar-refractivity contribution in [3.63, 3.8) is 0 Å². The molecule has 0 aliphatic carbocycles. The van der Waals surface area contributed by atoms with Crippen LogP contribution in [0.2, 0.25) is 0 Å². The van der Waals surface area contributed by atoms with Crippen molar-refractivity contribution in [2.75, 3.05) is 6.61 Å². The van der Waals surface area contributed by atoms with Gasteiger partial charge in [-0.05, 0) is 0 Å². The van der Waals surface area contributed by atoms with Gasteiger partial charge in [0.25, 0.3) is 0 Å². The van der Waals surface area contributed by atoms with E-state index in [9.17, 15) is 4.79 Å². The minimum absolute atomic E-state index is 0.0223. The van der Waals surface area contributed by atoms with Crippen molar-refractivity contribution in [1.82, 2.24) is 0 Å². The van der Waals surface area contributed by atoms with Gasteiger partial charge < -0.3 is 0 Å². The molecule has 2 aromatic carbocycles. The predicted octanol–water partition coefficient (Wildman–Crippen LogP) is 1.81. The van der Waals surface area contributed by atoms with Gasteiger partial charge in [-0.15, -0.1) is 0 Å². The van der Waals surface area contributed by atoms with Crippen molar-refractivity contribution in [2.24, 2.45) is 0 Å². The third-order valence-electron chi connectivity index (χ3n) is 2.79. The van der Waals surface area contributed by atoms with Gasteiger partial charge in [-0.2, -0.15) is 0 Å². The average Bonchev–Trinajstić information content (AvgIpc) is 2.55. The van der Waals surface area contributed by atoms with E-state index in [1.54, 1.807) is 13.0 Å². The number of hydrogen-bond acceptors (Lipinski definition) is 3. The second kappa shape index (κ2) is 8.39. The second-order valence-electron chi connectivity index (χ2n) is 4.37. The van der Waals surface area contributed by atoms with E-state index < -0.39 is 26.9 Å². The normalized spacial score (nSPS) is 10.8. The Morgan fingerprint density at radius 1 is 1.14 bits per heavy atom. The second-order valence-corrected chi connectivity index (χ2v) is 7.65. The maximum absolute atomic E-state index is 11.6. The first-order chi connectivity index (χ1) is 10.7. The summed E-state index contributed by atoms with van der Waals surface area (Å²) in [5.74, 6) is -0.577. The van der Waals surface area contributed by atoms with Crippen molar-refractivity contribution in [3.8, 4) is 6.07 Å². The van der Waals surface area contributed by atoms with E-state index in [2.05, 4.69) is 36.4 Å². The third kappa shape index (κ3) is 4.74. The minimum atomic E-state index is -0.577. The quantitative estimate of drug-likeness (QED) is 0.330. The molecule has 0 heterocycles. The predicted molar refractivity (Wildman–Crippen MR) is 88.1 cm³/mol. The van der Waals surface area contributed by atoms with E-state index in [0.29, 0.717) is 0 Å². The van der Waals surface area contributed by atoms with Gasteiger partial charge in [0.05, 0.1) is 0 Å². The van der Waals surface area contributed by atoms with Gasteiger partial charge in [-0.1, -0.05) is 0 Å². The van der Waals surface area contributed by atoms with Crippen molar-refractivity contribution < 1.29 is 9.53 Å². The number of benzene rings is 2. The fourth-order valence-corrected chi connectivity index (χ4v) is 4.16. The van der Waals surface area contributed by atoms with Crippen molar-refractivity contribution >= 4 is 40.2 Å². The monoisotopic (exact) mass is 407 g/mol.